The first-order valence-corrected chi connectivity index (χ1v) is 8.72. The maximum Gasteiger partial charge on any atom is 0.222 e. The minimum atomic E-state index is 0.252. The van der Waals surface area contributed by atoms with Crippen LogP contribution >= 0.6 is 0 Å². The normalized spacial score (nSPS) is 17.7. The van der Waals surface area contributed by atoms with Crippen molar-refractivity contribution in [3.8, 4) is 5.75 Å². The van der Waals surface area contributed by atoms with Crippen molar-refractivity contribution in [3.63, 3.8) is 0 Å². The highest BCUT2D eigenvalue weighted by Crippen LogP contribution is 2.19. The molecule has 128 valence electrons. The molecule has 0 aliphatic carbocycles. The summed E-state index contributed by atoms with van der Waals surface area (Å²) in [4.78, 5) is 18.5. The summed E-state index contributed by atoms with van der Waals surface area (Å²) in [6, 6.07) is 9.75. The van der Waals surface area contributed by atoms with E-state index >= 15 is 0 Å². The van der Waals surface area contributed by atoms with Crippen molar-refractivity contribution in [3.05, 3.63) is 49.1 Å². The highest BCUT2D eigenvalue weighted by molar-refractivity contribution is 5.76. The predicted octanol–water partition coefficient (Wildman–Crippen LogP) is 2.98. The Bertz CT molecular complexity index is 613. The molecule has 1 aliphatic heterocycles. The molecule has 5 heteroatoms. The molecule has 1 aromatic carbocycles. The number of hydrogen-bond donors (Lipinski definition) is 0. The molecule has 1 amide bonds. The number of para-hydroxylation sites is 1. The summed E-state index contributed by atoms with van der Waals surface area (Å²) in [6.45, 7) is 3.28. The van der Waals surface area contributed by atoms with Gasteiger partial charge in [-0.3, -0.25) is 4.79 Å². The average molecular weight is 327 g/mol. The zero-order chi connectivity index (χ0) is 16.6. The summed E-state index contributed by atoms with van der Waals surface area (Å²) in [5.74, 6) is 1.64. The smallest absolute Gasteiger partial charge is 0.222 e. The topological polar surface area (TPSA) is 47.4 Å². The fourth-order valence-corrected chi connectivity index (χ4v) is 3.22. The number of piperidine rings is 1. The maximum atomic E-state index is 12.4. The summed E-state index contributed by atoms with van der Waals surface area (Å²) in [7, 11) is 0. The highest BCUT2D eigenvalue weighted by Gasteiger charge is 2.23. The second-order valence-electron chi connectivity index (χ2n) is 6.37. The van der Waals surface area contributed by atoms with E-state index in [1.165, 1.54) is 6.42 Å². The molecular weight excluding hydrogens is 302 g/mol. The van der Waals surface area contributed by atoms with Crippen LogP contribution in [0.1, 0.15) is 25.7 Å². The molecule has 1 atom stereocenters. The lowest BCUT2D eigenvalue weighted by Crippen LogP contribution is -2.41. The third-order valence-electron chi connectivity index (χ3n) is 4.45. The van der Waals surface area contributed by atoms with Crippen molar-refractivity contribution >= 4 is 5.91 Å². The minimum Gasteiger partial charge on any atom is -0.494 e. The first-order valence-electron chi connectivity index (χ1n) is 8.72. The Labute approximate surface area is 143 Å². The largest absolute Gasteiger partial charge is 0.494 e. The van der Waals surface area contributed by atoms with Gasteiger partial charge in [0.05, 0.1) is 12.9 Å². The Balaban J connectivity index is 1.38. The molecule has 0 unspecified atom stereocenters. The van der Waals surface area contributed by atoms with Crippen LogP contribution in [0.25, 0.3) is 0 Å². The molecule has 3 rings (SSSR count). The molecule has 0 saturated carbocycles. The number of rotatable bonds is 7. The van der Waals surface area contributed by atoms with Gasteiger partial charge >= 0.3 is 0 Å². The van der Waals surface area contributed by atoms with Gasteiger partial charge in [0.25, 0.3) is 0 Å². The number of nitrogens with zero attached hydrogens (tertiary/aromatic N) is 3. The Morgan fingerprint density at radius 3 is 2.96 bits per heavy atom. The van der Waals surface area contributed by atoms with E-state index in [4.69, 9.17) is 4.74 Å². The Kier molecular flexibility index (Phi) is 5.88. The van der Waals surface area contributed by atoms with E-state index in [0.29, 0.717) is 18.9 Å². The molecular formula is C19H25N3O2. The zero-order valence-electron chi connectivity index (χ0n) is 14.0. The second-order valence-corrected chi connectivity index (χ2v) is 6.37. The van der Waals surface area contributed by atoms with Crippen LogP contribution in [0.4, 0.5) is 0 Å². The van der Waals surface area contributed by atoms with Gasteiger partial charge in [-0.1, -0.05) is 18.2 Å². The third kappa shape index (κ3) is 4.85. The summed E-state index contributed by atoms with van der Waals surface area (Å²) >= 11 is 0. The van der Waals surface area contributed by atoms with Crippen LogP contribution < -0.4 is 4.74 Å². The van der Waals surface area contributed by atoms with E-state index < -0.39 is 0 Å². The van der Waals surface area contributed by atoms with E-state index in [1.807, 2.05) is 47.8 Å². The van der Waals surface area contributed by atoms with Crippen LogP contribution in [0.5, 0.6) is 5.75 Å². The highest BCUT2D eigenvalue weighted by atomic mass is 16.5. The number of amides is 1. The lowest BCUT2D eigenvalue weighted by atomic mass is 9.97. The van der Waals surface area contributed by atoms with Crippen LogP contribution in [0.15, 0.2) is 49.1 Å². The van der Waals surface area contributed by atoms with E-state index in [9.17, 15) is 4.79 Å². The lowest BCUT2D eigenvalue weighted by Gasteiger charge is -2.33. The molecule has 1 fully saturated rings. The Morgan fingerprint density at radius 1 is 1.29 bits per heavy atom. The Hall–Kier alpha value is -2.30. The third-order valence-corrected chi connectivity index (χ3v) is 4.45. The molecule has 0 radical (unpaired) electrons. The lowest BCUT2D eigenvalue weighted by molar-refractivity contribution is -0.133. The number of ether oxygens (including phenoxy) is 1. The van der Waals surface area contributed by atoms with Gasteiger partial charge in [-0.05, 0) is 37.3 Å². The Morgan fingerprint density at radius 2 is 2.17 bits per heavy atom. The number of likely N-dealkylation sites (tertiary alicyclic amines) is 1. The first kappa shape index (κ1) is 16.6. The predicted molar refractivity (Wildman–Crippen MR) is 92.7 cm³/mol. The van der Waals surface area contributed by atoms with Crippen molar-refractivity contribution in [2.45, 2.75) is 32.2 Å². The van der Waals surface area contributed by atoms with Gasteiger partial charge in [0, 0.05) is 38.4 Å². The van der Waals surface area contributed by atoms with Crippen molar-refractivity contribution < 1.29 is 9.53 Å². The molecule has 1 aliphatic rings. The first-order chi connectivity index (χ1) is 11.8. The number of carbonyl (C=O) groups is 1. The maximum absolute atomic E-state index is 12.4. The van der Waals surface area contributed by atoms with Crippen molar-refractivity contribution in [1.29, 1.82) is 0 Å². The quantitative estimate of drug-likeness (QED) is 0.735. The van der Waals surface area contributed by atoms with Crippen molar-refractivity contribution in [2.24, 2.45) is 5.92 Å². The summed E-state index contributed by atoms with van der Waals surface area (Å²) in [5.41, 5.74) is 0. The fourth-order valence-electron chi connectivity index (χ4n) is 3.22. The molecule has 1 aromatic heterocycles. The number of hydrogen-bond acceptors (Lipinski definition) is 3. The monoisotopic (exact) mass is 327 g/mol. The standard InChI is InChI=1S/C19H25N3O2/c23-19(9-5-13-24-18-7-2-1-3-8-18)22-11-4-6-17(15-22)14-21-12-10-20-16-21/h1-3,7-8,10,12,16-17H,4-6,9,11,13-15H2/t17-/m0/s1. The van der Waals surface area contributed by atoms with E-state index in [1.54, 1.807) is 6.20 Å². The van der Waals surface area contributed by atoms with Crippen LogP contribution in [-0.2, 0) is 11.3 Å². The van der Waals surface area contributed by atoms with E-state index in [0.717, 1.165) is 38.2 Å². The number of carbonyl (C=O) groups excluding carboxylic acids is 1. The average Bonchev–Trinajstić information content (AvgIpc) is 3.13. The van der Waals surface area contributed by atoms with Gasteiger partial charge in [-0.25, -0.2) is 4.98 Å². The van der Waals surface area contributed by atoms with Crippen molar-refractivity contribution in [1.82, 2.24) is 14.5 Å². The molecule has 0 N–H and O–H groups in total. The summed E-state index contributed by atoms with van der Waals surface area (Å²) in [6.07, 6.45) is 9.23. The van der Waals surface area contributed by atoms with Gasteiger partial charge in [-0.15, -0.1) is 0 Å². The fraction of sp³-hybridized carbons (Fsp3) is 0.474. The van der Waals surface area contributed by atoms with E-state index in [-0.39, 0.29) is 5.91 Å². The number of imidazole rings is 1. The molecule has 24 heavy (non-hydrogen) atoms. The second kappa shape index (κ2) is 8.52. The summed E-state index contributed by atoms with van der Waals surface area (Å²) < 4.78 is 7.76. The minimum absolute atomic E-state index is 0.252. The van der Waals surface area contributed by atoms with Crippen LogP contribution in [0.3, 0.4) is 0 Å². The SMILES string of the molecule is O=C(CCCOc1ccccc1)N1CCC[C@@H](Cn2ccnc2)C1. The molecule has 1 saturated heterocycles. The number of aromatic nitrogens is 2. The van der Waals surface area contributed by atoms with Gasteiger partial charge in [-0.2, -0.15) is 0 Å². The molecule has 5 nitrogen and oxygen atoms in total. The van der Waals surface area contributed by atoms with Crippen LogP contribution in [0.2, 0.25) is 0 Å². The van der Waals surface area contributed by atoms with Gasteiger partial charge in [0.2, 0.25) is 5.91 Å². The molecule has 0 spiro atoms. The zero-order valence-corrected chi connectivity index (χ0v) is 14.0. The van der Waals surface area contributed by atoms with Crippen molar-refractivity contribution in [2.75, 3.05) is 19.7 Å². The van der Waals surface area contributed by atoms with Crippen LogP contribution in [-0.4, -0.2) is 40.1 Å². The van der Waals surface area contributed by atoms with Gasteiger partial charge in [0.1, 0.15) is 5.75 Å². The van der Waals surface area contributed by atoms with E-state index in [2.05, 4.69) is 9.55 Å². The summed E-state index contributed by atoms with van der Waals surface area (Å²) in [5, 5.41) is 0. The van der Waals surface area contributed by atoms with Crippen LogP contribution in [0, 0.1) is 5.92 Å². The van der Waals surface area contributed by atoms with Gasteiger partial charge < -0.3 is 14.2 Å². The molecule has 2 heterocycles. The molecule has 0 bridgehead atoms. The number of benzene rings is 1. The molecule has 2 aromatic rings. The van der Waals surface area contributed by atoms with Gasteiger partial charge in [0.15, 0.2) is 0 Å².